The number of benzene rings is 7. The summed E-state index contributed by atoms with van der Waals surface area (Å²) in [5.74, 6) is 0.648. The van der Waals surface area contributed by atoms with E-state index in [1.165, 1.54) is 60.0 Å². The molecule has 0 saturated carbocycles. The molecule has 0 aliphatic heterocycles. The first-order valence-corrected chi connectivity index (χ1v) is 17.7. The summed E-state index contributed by atoms with van der Waals surface area (Å²) in [5, 5.41) is 7.31. The number of pyridine rings is 1. The number of hydrogen-bond donors (Lipinski definition) is 0. The molecule has 7 aromatic carbocycles. The van der Waals surface area contributed by atoms with Crippen molar-refractivity contribution in [2.75, 3.05) is 0 Å². The number of aromatic nitrogens is 4. The standard InChI is InChI=1S/C48H30N4/c1-2-11-31(12-3-1)32-21-23-33(24-22-32)34-14-10-15-35(27-34)42-25-26-49-48(50-42)52-44-20-9-7-18-39(44)41-29-40-37-16-5-6-17-38(37)45-28-36-13-4-8-19-43(36)51(45)46(40)30-47(41)52/h1-30H. The molecule has 0 aliphatic carbocycles. The average molecular weight is 663 g/mol. The molecule has 0 N–H and O–H groups in total. The maximum absolute atomic E-state index is 5.25. The Morgan fingerprint density at radius 3 is 1.77 bits per heavy atom. The average Bonchev–Trinajstić information content (AvgIpc) is 3.77. The highest BCUT2D eigenvalue weighted by molar-refractivity contribution is 6.21. The van der Waals surface area contributed by atoms with Crippen molar-refractivity contribution in [3.63, 3.8) is 0 Å². The zero-order valence-corrected chi connectivity index (χ0v) is 28.1. The van der Waals surface area contributed by atoms with E-state index in [0.717, 1.165) is 33.4 Å². The summed E-state index contributed by atoms with van der Waals surface area (Å²) in [6, 6.07) is 63.0. The molecule has 0 amide bonds. The SMILES string of the molecule is c1ccc(-c2ccc(-c3cccc(-c4ccnc(-n5c6ccccc6c6cc7c8ccccc8c8cc9ccccc9n8c7cc65)n4)c3)cc2)cc1. The van der Waals surface area contributed by atoms with Crippen LogP contribution in [0.2, 0.25) is 0 Å². The molecule has 4 heteroatoms. The van der Waals surface area contributed by atoms with E-state index in [1.807, 2.05) is 12.3 Å². The third kappa shape index (κ3) is 4.34. The lowest BCUT2D eigenvalue weighted by molar-refractivity contribution is 0.992. The van der Waals surface area contributed by atoms with Gasteiger partial charge in [0, 0.05) is 38.7 Å². The van der Waals surface area contributed by atoms with E-state index in [0.29, 0.717) is 5.95 Å². The number of fused-ring (bicyclic) bond motifs is 11. The topological polar surface area (TPSA) is 35.1 Å². The van der Waals surface area contributed by atoms with Crippen molar-refractivity contribution in [2.24, 2.45) is 0 Å². The zero-order valence-electron chi connectivity index (χ0n) is 28.1. The van der Waals surface area contributed by atoms with E-state index in [4.69, 9.17) is 9.97 Å². The number of rotatable bonds is 4. The van der Waals surface area contributed by atoms with Gasteiger partial charge in [-0.1, -0.05) is 133 Å². The zero-order chi connectivity index (χ0) is 34.2. The molecule has 0 saturated heterocycles. The van der Waals surface area contributed by atoms with Gasteiger partial charge in [-0.3, -0.25) is 4.57 Å². The first-order valence-electron chi connectivity index (χ1n) is 17.7. The van der Waals surface area contributed by atoms with E-state index in [-0.39, 0.29) is 0 Å². The van der Waals surface area contributed by atoms with Gasteiger partial charge in [-0.05, 0) is 70.1 Å². The highest BCUT2D eigenvalue weighted by Gasteiger charge is 2.19. The number of para-hydroxylation sites is 2. The minimum atomic E-state index is 0.648. The van der Waals surface area contributed by atoms with Crippen LogP contribution < -0.4 is 0 Å². The summed E-state index contributed by atoms with van der Waals surface area (Å²) in [6.07, 6.45) is 1.88. The molecule has 0 unspecified atom stereocenters. The lowest BCUT2D eigenvalue weighted by atomic mass is 9.98. The minimum absolute atomic E-state index is 0.648. The van der Waals surface area contributed by atoms with Crippen LogP contribution in [0.3, 0.4) is 0 Å². The Hall–Kier alpha value is -7.04. The van der Waals surface area contributed by atoms with Crippen molar-refractivity contribution in [3.05, 3.63) is 182 Å². The van der Waals surface area contributed by atoms with Crippen LogP contribution in [0.1, 0.15) is 0 Å². The van der Waals surface area contributed by atoms with Crippen LogP contribution in [0.25, 0.3) is 99.4 Å². The van der Waals surface area contributed by atoms with Gasteiger partial charge in [0.1, 0.15) is 0 Å². The van der Waals surface area contributed by atoms with Gasteiger partial charge in [0.15, 0.2) is 0 Å². The molecule has 52 heavy (non-hydrogen) atoms. The molecular formula is C48H30N4. The minimum Gasteiger partial charge on any atom is -0.309 e. The van der Waals surface area contributed by atoms with Crippen molar-refractivity contribution in [1.29, 1.82) is 0 Å². The van der Waals surface area contributed by atoms with Crippen LogP contribution in [0.5, 0.6) is 0 Å². The van der Waals surface area contributed by atoms with Crippen molar-refractivity contribution in [1.82, 2.24) is 18.9 Å². The molecule has 0 atom stereocenters. The van der Waals surface area contributed by atoms with E-state index in [9.17, 15) is 0 Å². The summed E-state index contributed by atoms with van der Waals surface area (Å²) in [4.78, 5) is 10.2. The molecule has 0 bridgehead atoms. The van der Waals surface area contributed by atoms with Gasteiger partial charge in [0.2, 0.25) is 5.95 Å². The second-order valence-electron chi connectivity index (χ2n) is 13.5. The van der Waals surface area contributed by atoms with Crippen LogP contribution in [0.15, 0.2) is 182 Å². The fraction of sp³-hybridized carbons (Fsp3) is 0. The van der Waals surface area contributed by atoms with Gasteiger partial charge in [-0.2, -0.15) is 0 Å². The van der Waals surface area contributed by atoms with Gasteiger partial charge < -0.3 is 4.40 Å². The molecule has 0 spiro atoms. The monoisotopic (exact) mass is 662 g/mol. The van der Waals surface area contributed by atoms with Crippen LogP contribution in [0.4, 0.5) is 0 Å². The Kier molecular flexibility index (Phi) is 6.22. The fourth-order valence-corrected chi connectivity index (χ4v) is 8.13. The van der Waals surface area contributed by atoms with E-state index in [2.05, 4.69) is 179 Å². The third-order valence-corrected chi connectivity index (χ3v) is 10.6. The quantitative estimate of drug-likeness (QED) is 0.176. The molecule has 4 nitrogen and oxygen atoms in total. The molecule has 11 aromatic rings. The van der Waals surface area contributed by atoms with Crippen molar-refractivity contribution >= 4 is 59.9 Å². The summed E-state index contributed by atoms with van der Waals surface area (Å²) in [7, 11) is 0. The highest BCUT2D eigenvalue weighted by atomic mass is 15.2. The molecular weight excluding hydrogens is 633 g/mol. The Morgan fingerprint density at radius 2 is 0.942 bits per heavy atom. The lowest BCUT2D eigenvalue weighted by Crippen LogP contribution is -2.02. The second kappa shape index (κ2) is 11.2. The van der Waals surface area contributed by atoms with Crippen molar-refractivity contribution in [2.45, 2.75) is 0 Å². The van der Waals surface area contributed by atoms with E-state index in [1.54, 1.807) is 0 Å². The molecule has 0 aliphatic rings. The maximum atomic E-state index is 5.25. The number of hydrogen-bond acceptors (Lipinski definition) is 2. The highest BCUT2D eigenvalue weighted by Crippen LogP contribution is 2.40. The van der Waals surface area contributed by atoms with Gasteiger partial charge in [-0.25, -0.2) is 9.97 Å². The molecule has 11 rings (SSSR count). The lowest BCUT2D eigenvalue weighted by Gasteiger charge is -2.12. The summed E-state index contributed by atoms with van der Waals surface area (Å²) < 4.78 is 4.65. The predicted molar refractivity (Wildman–Crippen MR) is 216 cm³/mol. The molecule has 0 radical (unpaired) electrons. The smallest absolute Gasteiger partial charge is 0.235 e. The Morgan fingerprint density at radius 1 is 0.346 bits per heavy atom. The van der Waals surface area contributed by atoms with E-state index < -0.39 is 0 Å². The number of nitrogens with zero attached hydrogens (tertiary/aromatic N) is 4. The van der Waals surface area contributed by atoms with Gasteiger partial charge in [-0.15, -0.1) is 0 Å². The van der Waals surface area contributed by atoms with Crippen LogP contribution >= 0.6 is 0 Å². The first-order chi connectivity index (χ1) is 25.8. The Balaban J connectivity index is 1.10. The normalized spacial score (nSPS) is 11.8. The van der Waals surface area contributed by atoms with Gasteiger partial charge in [0.05, 0.1) is 33.3 Å². The maximum Gasteiger partial charge on any atom is 0.235 e. The van der Waals surface area contributed by atoms with E-state index >= 15 is 0 Å². The van der Waals surface area contributed by atoms with Gasteiger partial charge in [0.25, 0.3) is 0 Å². The van der Waals surface area contributed by atoms with Crippen molar-refractivity contribution in [3.8, 4) is 39.5 Å². The van der Waals surface area contributed by atoms with Crippen molar-refractivity contribution < 1.29 is 0 Å². The molecule has 4 heterocycles. The molecule has 242 valence electrons. The Labute approximate surface area is 299 Å². The third-order valence-electron chi connectivity index (χ3n) is 10.6. The van der Waals surface area contributed by atoms with Crippen LogP contribution in [-0.2, 0) is 0 Å². The molecule has 0 fully saturated rings. The second-order valence-corrected chi connectivity index (χ2v) is 13.5. The molecule has 4 aromatic heterocycles. The summed E-state index contributed by atoms with van der Waals surface area (Å²) in [5.41, 5.74) is 12.4. The first kappa shape index (κ1) is 28.8. The summed E-state index contributed by atoms with van der Waals surface area (Å²) >= 11 is 0. The fourth-order valence-electron chi connectivity index (χ4n) is 8.13. The predicted octanol–water partition coefficient (Wildman–Crippen LogP) is 12.3. The largest absolute Gasteiger partial charge is 0.309 e. The summed E-state index contributed by atoms with van der Waals surface area (Å²) in [6.45, 7) is 0. The van der Waals surface area contributed by atoms with Crippen LogP contribution in [-0.4, -0.2) is 18.9 Å². The Bertz CT molecular complexity index is 3170. The van der Waals surface area contributed by atoms with Gasteiger partial charge >= 0.3 is 0 Å². The van der Waals surface area contributed by atoms with Crippen LogP contribution in [0, 0.1) is 0 Å².